The van der Waals surface area contributed by atoms with Crippen molar-refractivity contribution in [2.24, 2.45) is 0 Å². The molecular weight excluding hydrogens is 255 g/mol. The normalized spacial score (nSPS) is 12.6. The van der Waals surface area contributed by atoms with Gasteiger partial charge in [-0.1, -0.05) is 18.2 Å². The van der Waals surface area contributed by atoms with Gasteiger partial charge in [0, 0.05) is 18.0 Å². The van der Waals surface area contributed by atoms with E-state index < -0.39 is 6.10 Å². The van der Waals surface area contributed by atoms with Crippen LogP contribution in [-0.2, 0) is 0 Å². The molecule has 0 aliphatic carbocycles. The standard InChI is InChI=1S/C16H13FN2O/c1-10-5-6-11(17)9-13(10)16(20)12-3-2-4-14-15(12)19-8-7-18-14/h2-9,16,20H,1H3. The Morgan fingerprint density at radius 1 is 1.05 bits per heavy atom. The highest BCUT2D eigenvalue weighted by atomic mass is 19.1. The summed E-state index contributed by atoms with van der Waals surface area (Å²) >= 11 is 0. The number of hydrogen-bond donors (Lipinski definition) is 1. The molecular formula is C16H13FN2O. The van der Waals surface area contributed by atoms with Crippen molar-refractivity contribution in [2.75, 3.05) is 0 Å². The molecule has 1 atom stereocenters. The van der Waals surface area contributed by atoms with Crippen molar-refractivity contribution in [1.82, 2.24) is 9.97 Å². The van der Waals surface area contributed by atoms with E-state index in [1.165, 1.54) is 12.1 Å². The first kappa shape index (κ1) is 12.7. The van der Waals surface area contributed by atoms with Gasteiger partial charge in [-0.05, 0) is 36.2 Å². The number of aliphatic hydroxyl groups excluding tert-OH is 1. The summed E-state index contributed by atoms with van der Waals surface area (Å²) in [6.45, 7) is 1.84. The van der Waals surface area contributed by atoms with E-state index in [9.17, 15) is 9.50 Å². The van der Waals surface area contributed by atoms with Gasteiger partial charge in [-0.2, -0.15) is 0 Å². The second-order valence-electron chi connectivity index (χ2n) is 4.67. The van der Waals surface area contributed by atoms with E-state index in [0.29, 0.717) is 22.2 Å². The summed E-state index contributed by atoms with van der Waals surface area (Å²) in [5.41, 5.74) is 3.34. The molecule has 3 rings (SSSR count). The number of aromatic nitrogens is 2. The smallest absolute Gasteiger partial charge is 0.123 e. The first-order valence-electron chi connectivity index (χ1n) is 6.30. The van der Waals surface area contributed by atoms with Crippen LogP contribution in [0.25, 0.3) is 11.0 Å². The van der Waals surface area contributed by atoms with Crippen LogP contribution in [0.2, 0.25) is 0 Å². The van der Waals surface area contributed by atoms with Gasteiger partial charge in [-0.25, -0.2) is 4.39 Å². The highest BCUT2D eigenvalue weighted by Gasteiger charge is 2.17. The van der Waals surface area contributed by atoms with Crippen molar-refractivity contribution in [3.05, 3.63) is 71.3 Å². The van der Waals surface area contributed by atoms with E-state index in [0.717, 1.165) is 5.56 Å². The van der Waals surface area contributed by atoms with E-state index in [1.807, 2.05) is 19.1 Å². The lowest BCUT2D eigenvalue weighted by Crippen LogP contribution is -2.04. The zero-order chi connectivity index (χ0) is 14.1. The van der Waals surface area contributed by atoms with Crippen molar-refractivity contribution >= 4 is 11.0 Å². The molecule has 0 amide bonds. The zero-order valence-electron chi connectivity index (χ0n) is 10.9. The molecule has 1 aromatic heterocycles. The van der Waals surface area contributed by atoms with Crippen LogP contribution in [0.3, 0.4) is 0 Å². The molecule has 0 saturated carbocycles. The van der Waals surface area contributed by atoms with E-state index in [2.05, 4.69) is 9.97 Å². The highest BCUT2D eigenvalue weighted by molar-refractivity contribution is 5.78. The number of hydrogen-bond acceptors (Lipinski definition) is 3. The lowest BCUT2D eigenvalue weighted by atomic mass is 9.96. The summed E-state index contributed by atoms with van der Waals surface area (Å²) in [5, 5.41) is 10.6. The van der Waals surface area contributed by atoms with Gasteiger partial charge in [-0.3, -0.25) is 9.97 Å². The Kier molecular flexibility index (Phi) is 3.16. The fourth-order valence-electron chi connectivity index (χ4n) is 2.31. The second-order valence-corrected chi connectivity index (χ2v) is 4.67. The fourth-order valence-corrected chi connectivity index (χ4v) is 2.31. The Bertz CT molecular complexity index is 768. The third-order valence-corrected chi connectivity index (χ3v) is 3.36. The molecule has 3 nitrogen and oxygen atoms in total. The van der Waals surface area contributed by atoms with Crippen LogP contribution in [0, 0.1) is 12.7 Å². The molecule has 100 valence electrons. The number of fused-ring (bicyclic) bond motifs is 1. The van der Waals surface area contributed by atoms with Gasteiger partial charge in [0.1, 0.15) is 11.9 Å². The van der Waals surface area contributed by atoms with Gasteiger partial charge in [-0.15, -0.1) is 0 Å². The van der Waals surface area contributed by atoms with Gasteiger partial charge in [0.25, 0.3) is 0 Å². The summed E-state index contributed by atoms with van der Waals surface area (Å²) in [6, 6.07) is 9.82. The Morgan fingerprint density at radius 3 is 2.70 bits per heavy atom. The Balaban J connectivity index is 2.17. The second kappa shape index (κ2) is 4.98. The maximum absolute atomic E-state index is 13.4. The SMILES string of the molecule is Cc1ccc(F)cc1C(O)c1cccc2nccnc12. The molecule has 4 heteroatoms. The van der Waals surface area contributed by atoms with Gasteiger partial charge >= 0.3 is 0 Å². The van der Waals surface area contributed by atoms with Crippen LogP contribution in [0.15, 0.2) is 48.8 Å². The van der Waals surface area contributed by atoms with E-state index in [4.69, 9.17) is 0 Å². The molecule has 1 unspecified atom stereocenters. The van der Waals surface area contributed by atoms with Gasteiger partial charge in [0.05, 0.1) is 11.0 Å². The molecule has 1 N–H and O–H groups in total. The van der Waals surface area contributed by atoms with Crippen molar-refractivity contribution < 1.29 is 9.50 Å². The molecule has 0 fully saturated rings. The van der Waals surface area contributed by atoms with Crippen LogP contribution in [0.5, 0.6) is 0 Å². The first-order chi connectivity index (χ1) is 9.66. The molecule has 0 bridgehead atoms. The average molecular weight is 268 g/mol. The third-order valence-electron chi connectivity index (χ3n) is 3.36. The highest BCUT2D eigenvalue weighted by Crippen LogP contribution is 2.29. The minimum absolute atomic E-state index is 0.365. The van der Waals surface area contributed by atoms with Crippen molar-refractivity contribution in [2.45, 2.75) is 13.0 Å². The molecule has 1 heterocycles. The minimum atomic E-state index is -0.925. The van der Waals surface area contributed by atoms with Crippen LogP contribution < -0.4 is 0 Å². The molecule has 0 saturated heterocycles. The lowest BCUT2D eigenvalue weighted by molar-refractivity contribution is 0.220. The number of benzene rings is 2. The Morgan fingerprint density at radius 2 is 1.85 bits per heavy atom. The van der Waals surface area contributed by atoms with Crippen LogP contribution in [0.4, 0.5) is 4.39 Å². The molecule has 2 aromatic carbocycles. The maximum atomic E-state index is 13.4. The Hall–Kier alpha value is -2.33. The van der Waals surface area contributed by atoms with Gasteiger partial charge in [0.15, 0.2) is 0 Å². The fraction of sp³-hybridized carbons (Fsp3) is 0.125. The van der Waals surface area contributed by atoms with E-state index in [1.54, 1.807) is 24.5 Å². The lowest BCUT2D eigenvalue weighted by Gasteiger charge is -2.15. The van der Waals surface area contributed by atoms with Crippen molar-refractivity contribution in [1.29, 1.82) is 0 Å². The van der Waals surface area contributed by atoms with E-state index >= 15 is 0 Å². The average Bonchev–Trinajstić information content (AvgIpc) is 2.48. The monoisotopic (exact) mass is 268 g/mol. The summed E-state index contributed by atoms with van der Waals surface area (Å²) in [7, 11) is 0. The van der Waals surface area contributed by atoms with Crippen molar-refractivity contribution in [3.8, 4) is 0 Å². The number of aryl methyl sites for hydroxylation is 1. The molecule has 20 heavy (non-hydrogen) atoms. The largest absolute Gasteiger partial charge is 0.384 e. The molecule has 0 spiro atoms. The van der Waals surface area contributed by atoms with Crippen LogP contribution in [-0.4, -0.2) is 15.1 Å². The van der Waals surface area contributed by atoms with Crippen molar-refractivity contribution in [3.63, 3.8) is 0 Å². The van der Waals surface area contributed by atoms with E-state index in [-0.39, 0.29) is 5.82 Å². The molecule has 3 aromatic rings. The van der Waals surface area contributed by atoms with Crippen LogP contribution in [0.1, 0.15) is 22.8 Å². The zero-order valence-corrected chi connectivity index (χ0v) is 10.9. The maximum Gasteiger partial charge on any atom is 0.123 e. The predicted octanol–water partition coefficient (Wildman–Crippen LogP) is 3.16. The topological polar surface area (TPSA) is 46.0 Å². The molecule has 0 aliphatic heterocycles. The number of aliphatic hydroxyl groups is 1. The first-order valence-corrected chi connectivity index (χ1v) is 6.30. The summed E-state index contributed by atoms with van der Waals surface area (Å²) < 4.78 is 13.4. The summed E-state index contributed by atoms with van der Waals surface area (Å²) in [4.78, 5) is 8.47. The van der Waals surface area contributed by atoms with Crippen LogP contribution >= 0.6 is 0 Å². The third kappa shape index (κ3) is 2.14. The van der Waals surface area contributed by atoms with Gasteiger partial charge in [0.2, 0.25) is 0 Å². The quantitative estimate of drug-likeness (QED) is 0.776. The van der Waals surface area contributed by atoms with Gasteiger partial charge < -0.3 is 5.11 Å². The molecule has 0 aliphatic rings. The summed E-state index contributed by atoms with van der Waals surface area (Å²) in [6.07, 6.45) is 2.26. The predicted molar refractivity (Wildman–Crippen MR) is 74.7 cm³/mol. The number of para-hydroxylation sites is 1. The number of rotatable bonds is 2. The number of nitrogens with zero attached hydrogens (tertiary/aromatic N) is 2. The Labute approximate surface area is 115 Å². The molecule has 0 radical (unpaired) electrons. The number of halogens is 1. The minimum Gasteiger partial charge on any atom is -0.384 e. The summed E-state index contributed by atoms with van der Waals surface area (Å²) in [5.74, 6) is -0.365.